The van der Waals surface area contributed by atoms with Crippen molar-refractivity contribution < 1.29 is 9.47 Å². The normalized spacial score (nSPS) is 18.9. The highest BCUT2D eigenvalue weighted by Gasteiger charge is 2.56. The van der Waals surface area contributed by atoms with Crippen LogP contribution in [0.5, 0.6) is 11.5 Å². The van der Waals surface area contributed by atoms with E-state index in [0.29, 0.717) is 18.8 Å². The van der Waals surface area contributed by atoms with Gasteiger partial charge in [0.2, 0.25) is 0 Å². The van der Waals surface area contributed by atoms with Crippen molar-refractivity contribution in [1.82, 2.24) is 20.3 Å². The Kier molecular flexibility index (Phi) is 10.6. The Labute approximate surface area is 332 Å². The van der Waals surface area contributed by atoms with Gasteiger partial charge in [0.1, 0.15) is 36.1 Å². The molecule has 0 saturated heterocycles. The summed E-state index contributed by atoms with van der Waals surface area (Å²) in [6.45, 7) is 23.6. The Hall–Kier alpha value is -3.50. The maximum absolute atomic E-state index is 7.88. The number of nitrogens with one attached hydrogen (secondary N) is 2. The van der Waals surface area contributed by atoms with E-state index >= 15 is 0 Å². The minimum atomic E-state index is -0.230. The maximum Gasteiger partial charge on any atom is 0.134 e. The van der Waals surface area contributed by atoms with Crippen molar-refractivity contribution in [2.45, 2.75) is 123 Å². The van der Waals surface area contributed by atoms with Gasteiger partial charge in [-0.3, -0.25) is 0 Å². The van der Waals surface area contributed by atoms with Gasteiger partial charge in [-0.15, -0.1) is 5.10 Å². The number of ether oxygens (including phenoxy) is 2. The van der Waals surface area contributed by atoms with E-state index in [2.05, 4.69) is 170 Å². The molecule has 1 spiro atoms. The molecular weight excluding hydrogens is 792 g/mol. The second kappa shape index (κ2) is 14.3. The number of hydrogen-bond acceptors (Lipinski definition) is 7. The molecular formula is C43H54Br2N6O2. The number of benzene rings is 3. The minimum Gasteiger partial charge on any atom is -0.486 e. The van der Waals surface area contributed by atoms with Crippen LogP contribution < -0.4 is 14.8 Å². The molecule has 1 heterocycles. The van der Waals surface area contributed by atoms with E-state index in [-0.39, 0.29) is 33.8 Å². The summed E-state index contributed by atoms with van der Waals surface area (Å²) in [6, 6.07) is 17.6. The van der Waals surface area contributed by atoms with Crippen LogP contribution in [0, 0.1) is 10.9 Å². The predicted molar refractivity (Wildman–Crippen MR) is 219 cm³/mol. The highest BCUT2D eigenvalue weighted by atomic mass is 79.9. The lowest BCUT2D eigenvalue weighted by Gasteiger charge is -2.31. The van der Waals surface area contributed by atoms with Gasteiger partial charge < -0.3 is 14.8 Å². The van der Waals surface area contributed by atoms with Crippen molar-refractivity contribution in [3.05, 3.63) is 115 Å². The lowest BCUT2D eigenvalue weighted by atomic mass is 9.72. The van der Waals surface area contributed by atoms with Crippen LogP contribution in [0.3, 0.4) is 0 Å². The predicted octanol–water partition coefficient (Wildman–Crippen LogP) is 11.4. The van der Waals surface area contributed by atoms with E-state index in [1.165, 1.54) is 33.4 Å². The van der Waals surface area contributed by atoms with Gasteiger partial charge in [-0.2, -0.15) is 5.11 Å². The number of nitrogens with zero attached hydrogens (tertiary/aromatic N) is 4. The molecule has 282 valence electrons. The Morgan fingerprint density at radius 2 is 1.45 bits per heavy atom. The number of aromatic nitrogens is 3. The van der Waals surface area contributed by atoms with E-state index in [1.54, 1.807) is 6.20 Å². The van der Waals surface area contributed by atoms with Crippen LogP contribution in [0.2, 0.25) is 0 Å². The second-order valence-electron chi connectivity index (χ2n) is 18.4. The van der Waals surface area contributed by atoms with E-state index in [4.69, 9.17) is 15.0 Å². The topological polar surface area (TPSA) is 97.4 Å². The van der Waals surface area contributed by atoms with Crippen molar-refractivity contribution in [3.8, 4) is 11.5 Å². The Balaban J connectivity index is 1.25. The summed E-state index contributed by atoms with van der Waals surface area (Å²) in [5.74, 6) is 1.54. The first-order valence-electron chi connectivity index (χ1n) is 18.4. The van der Waals surface area contributed by atoms with Crippen LogP contribution in [0.4, 0.5) is 0 Å². The van der Waals surface area contributed by atoms with Crippen molar-refractivity contribution in [1.29, 1.82) is 5.53 Å². The second-order valence-corrected chi connectivity index (χ2v) is 20.2. The molecule has 10 heteroatoms. The van der Waals surface area contributed by atoms with Crippen LogP contribution in [-0.4, -0.2) is 21.6 Å². The molecule has 1 atom stereocenters. The molecule has 4 aromatic rings. The highest BCUT2D eigenvalue weighted by Crippen LogP contribution is 2.64. The zero-order valence-electron chi connectivity index (χ0n) is 32.9. The third kappa shape index (κ3) is 8.29. The summed E-state index contributed by atoms with van der Waals surface area (Å²) in [6.07, 6.45) is 6.70. The molecule has 53 heavy (non-hydrogen) atoms. The molecule has 1 unspecified atom stereocenters. The smallest absolute Gasteiger partial charge is 0.134 e. The molecule has 3 aromatic carbocycles. The summed E-state index contributed by atoms with van der Waals surface area (Å²) < 4.78 is 16.6. The van der Waals surface area contributed by atoms with Crippen LogP contribution in [0.1, 0.15) is 121 Å². The fraction of sp³-hybridized carbons (Fsp3) is 0.488. The minimum absolute atomic E-state index is 0.0600. The van der Waals surface area contributed by atoms with Gasteiger partial charge in [-0.05, 0) is 146 Å². The number of halogens is 2. The van der Waals surface area contributed by atoms with Crippen molar-refractivity contribution in [3.63, 3.8) is 0 Å². The third-order valence-corrected chi connectivity index (χ3v) is 11.8. The van der Waals surface area contributed by atoms with Crippen LogP contribution in [0.25, 0.3) is 0 Å². The van der Waals surface area contributed by atoms with Gasteiger partial charge >= 0.3 is 0 Å². The van der Waals surface area contributed by atoms with Gasteiger partial charge in [-0.1, -0.05) is 77.9 Å². The largest absolute Gasteiger partial charge is 0.486 e. The summed E-state index contributed by atoms with van der Waals surface area (Å²) in [4.78, 5) is 0. The van der Waals surface area contributed by atoms with E-state index in [1.807, 2.05) is 10.9 Å². The monoisotopic (exact) mass is 844 g/mol. The Morgan fingerprint density at radius 1 is 0.868 bits per heavy atom. The van der Waals surface area contributed by atoms with Gasteiger partial charge in [0.05, 0.1) is 20.7 Å². The number of fused-ring (bicyclic) bond motifs is 4. The lowest BCUT2D eigenvalue weighted by molar-refractivity contribution is 0.297. The first-order valence-corrected chi connectivity index (χ1v) is 20.0. The molecule has 2 aliphatic rings. The van der Waals surface area contributed by atoms with E-state index in [0.717, 1.165) is 45.4 Å². The molecule has 2 aliphatic carbocycles. The highest BCUT2D eigenvalue weighted by molar-refractivity contribution is 9.11. The molecule has 0 saturated carbocycles. The first kappa shape index (κ1) is 39.2. The molecule has 0 fully saturated rings. The number of hydrogen-bond donors (Lipinski definition) is 2. The van der Waals surface area contributed by atoms with Gasteiger partial charge in [0.25, 0.3) is 0 Å². The average Bonchev–Trinajstić information content (AvgIpc) is 3.68. The quantitative estimate of drug-likeness (QED) is 0.147. The summed E-state index contributed by atoms with van der Waals surface area (Å²) in [7, 11) is 0. The van der Waals surface area contributed by atoms with E-state index < -0.39 is 0 Å². The van der Waals surface area contributed by atoms with Gasteiger partial charge in [0, 0.05) is 18.2 Å². The Morgan fingerprint density at radius 3 is 2.00 bits per heavy atom. The zero-order valence-corrected chi connectivity index (χ0v) is 36.0. The average molecular weight is 847 g/mol. The SMILES string of the molecule is CC(C)(C)Cc1cccc(CN/C=C(/COc2cc3c(cc2Br)C(C)(C)CC32CC(C)(C)c3cc(Br)c(OCc4cn(C(C)(C)C)nn4)cc32)N=N)c1. The van der Waals surface area contributed by atoms with Gasteiger partial charge in [0.15, 0.2) is 0 Å². The molecule has 1 aromatic heterocycles. The standard InChI is InChI=1S/C43H54Br2N6O2/c1-39(2,3)19-27-12-11-13-28(14-27)20-47-21-29(48-46)23-52-37-17-33-31(15-35(37)44)41(7,8)25-43(33)26-42(9,10)32-16-36(45)38(18-34(32)43)53-24-30-22-51(50-49-30)40(4,5)6/h11-18,21-22,46-47H,19-20,23-26H2,1-10H3/b29-21-,48-46?. The molecule has 0 bridgehead atoms. The Bertz CT molecular complexity index is 2050. The lowest BCUT2D eigenvalue weighted by Crippen LogP contribution is -2.27. The summed E-state index contributed by atoms with van der Waals surface area (Å²) in [5.41, 5.74) is 16.7. The molecule has 0 radical (unpaired) electrons. The molecule has 8 nitrogen and oxygen atoms in total. The molecule has 0 amide bonds. The summed E-state index contributed by atoms with van der Waals surface area (Å²) in [5, 5.41) is 15.8. The summed E-state index contributed by atoms with van der Waals surface area (Å²) >= 11 is 7.68. The van der Waals surface area contributed by atoms with Crippen molar-refractivity contribution in [2.24, 2.45) is 10.5 Å². The van der Waals surface area contributed by atoms with Crippen LogP contribution >= 0.6 is 31.9 Å². The van der Waals surface area contributed by atoms with Crippen molar-refractivity contribution >= 4 is 31.9 Å². The number of rotatable bonds is 11. The molecule has 0 aliphatic heterocycles. The molecule has 2 N–H and O–H groups in total. The fourth-order valence-corrected chi connectivity index (χ4v) is 9.29. The van der Waals surface area contributed by atoms with Gasteiger partial charge in [-0.25, -0.2) is 10.2 Å². The third-order valence-electron chi connectivity index (χ3n) is 10.5. The van der Waals surface area contributed by atoms with E-state index in [9.17, 15) is 0 Å². The maximum atomic E-state index is 7.88. The van der Waals surface area contributed by atoms with Crippen LogP contribution in [-0.2, 0) is 41.4 Å². The zero-order chi connectivity index (χ0) is 38.6. The first-order chi connectivity index (χ1) is 24.7. The van der Waals surface area contributed by atoms with Crippen molar-refractivity contribution in [2.75, 3.05) is 6.61 Å². The molecule has 6 rings (SSSR count). The fourth-order valence-electron chi connectivity index (χ4n) is 8.38. The van der Waals surface area contributed by atoms with Crippen LogP contribution in [0.15, 0.2) is 80.7 Å².